The first kappa shape index (κ1) is 81.9. The lowest BCUT2D eigenvalue weighted by Gasteiger charge is -2.48. The van der Waals surface area contributed by atoms with Crippen molar-refractivity contribution in [1.29, 1.82) is 0 Å². The molecule has 0 aliphatic carbocycles. The van der Waals surface area contributed by atoms with Crippen LogP contribution in [0.5, 0.6) is 0 Å². The van der Waals surface area contributed by atoms with Crippen LogP contribution in [0.1, 0.15) is 219 Å². The zero-order chi connectivity index (χ0) is 66.1. The van der Waals surface area contributed by atoms with Crippen LogP contribution in [0.15, 0.2) is 97.2 Å². The molecule has 19 nitrogen and oxygen atoms in total. The molecule has 0 aromatic rings. The van der Waals surface area contributed by atoms with E-state index in [0.717, 1.165) is 89.9 Å². The first-order valence-electron chi connectivity index (χ1n) is 35.0. The van der Waals surface area contributed by atoms with Crippen LogP contribution in [0.25, 0.3) is 0 Å². The molecule has 3 heterocycles. The van der Waals surface area contributed by atoms with E-state index in [-0.39, 0.29) is 18.9 Å². The minimum atomic E-state index is -1.99. The second-order valence-corrected chi connectivity index (χ2v) is 24.6. The molecule has 0 bridgehead atoms. The van der Waals surface area contributed by atoms with Gasteiger partial charge < -0.3 is 89.9 Å². The normalized spacial score (nSPS) is 28.5. The molecule has 3 saturated heterocycles. The van der Waals surface area contributed by atoms with Gasteiger partial charge in [-0.25, -0.2) is 0 Å². The second kappa shape index (κ2) is 52.9. The Balaban J connectivity index is 1.42. The Bertz CT molecular complexity index is 2030. The third kappa shape index (κ3) is 34.8. The highest BCUT2D eigenvalue weighted by Crippen LogP contribution is 2.33. The minimum Gasteiger partial charge on any atom is -0.394 e. The summed E-state index contributed by atoms with van der Waals surface area (Å²) >= 11 is 0. The van der Waals surface area contributed by atoms with Crippen molar-refractivity contribution in [3.8, 4) is 0 Å². The van der Waals surface area contributed by atoms with Gasteiger partial charge in [0.1, 0.15) is 73.2 Å². The van der Waals surface area contributed by atoms with Crippen molar-refractivity contribution in [2.45, 2.75) is 324 Å². The summed E-state index contributed by atoms with van der Waals surface area (Å²) in [7, 11) is 0. The molecular weight excluding hydrogens is 1170 g/mol. The molecule has 0 aromatic carbocycles. The monoisotopic (exact) mass is 1290 g/mol. The van der Waals surface area contributed by atoms with E-state index in [9.17, 15) is 61.0 Å². The Hall–Kier alpha value is -3.29. The molecule has 0 spiro atoms. The highest BCUT2D eigenvalue weighted by atomic mass is 16.8. The highest BCUT2D eigenvalue weighted by Gasteiger charge is 2.53. The zero-order valence-electron chi connectivity index (χ0n) is 55.3. The lowest BCUT2D eigenvalue weighted by molar-refractivity contribution is -0.379. The molecule has 524 valence electrons. The van der Waals surface area contributed by atoms with Crippen molar-refractivity contribution in [3.63, 3.8) is 0 Å². The standard InChI is InChI=1S/C72H123NO18/c1-3-5-7-9-11-13-15-17-19-21-22-23-24-25-26-27-28-29-30-31-32-34-36-38-40-42-44-46-48-50-60(78)73-55(56(77)49-47-45-43-41-39-37-35-33-20-18-16-14-12-10-8-6-4-2)54-86-70-66(84)63(81)68(58(52-75)88-70)91-72-67(85)64(82)69(59(53-76)89-72)90-71-65(83)62(80)61(79)57(51-74)87-71/h5,7,11,13,17,19-20,22-23,25-26,33,39,41,47,49,55-59,61-72,74-77,79-85H,3-4,6,8-10,12,14-16,18,21,24,27-32,34-38,40,42-46,48,50-54H2,1-2H3,(H,73,78)/b7-5-,13-11-,19-17-,23-22-,26-25-,33-20+,41-39+,49-47+. The predicted molar refractivity (Wildman–Crippen MR) is 355 cm³/mol. The van der Waals surface area contributed by atoms with Gasteiger partial charge in [-0.3, -0.25) is 4.79 Å². The molecule has 0 radical (unpaired) electrons. The van der Waals surface area contributed by atoms with Gasteiger partial charge in [0.05, 0.1) is 38.6 Å². The molecule has 3 aliphatic rings. The SMILES string of the molecule is CC/C=C\C/C=C\C/C=C\C/C=C\C/C=C\CCCCCCCCCCCCCCCC(=O)NC(COC1OC(CO)C(OC2OC(CO)C(OC3OC(CO)C(O)C(O)C3O)C(O)C2O)C(O)C1O)C(O)/C=C/CC/C=C/CC/C=C/CCCCCCCCC. The maximum atomic E-state index is 13.4. The van der Waals surface area contributed by atoms with Gasteiger partial charge in [0.25, 0.3) is 0 Å². The molecule has 3 rings (SSSR count). The number of carbonyl (C=O) groups is 1. The van der Waals surface area contributed by atoms with Gasteiger partial charge in [-0.1, -0.05) is 220 Å². The number of unbranched alkanes of at least 4 members (excludes halogenated alkanes) is 22. The second-order valence-electron chi connectivity index (χ2n) is 24.6. The fraction of sp³-hybridized carbons (Fsp3) is 0.764. The van der Waals surface area contributed by atoms with Gasteiger partial charge in [-0.2, -0.15) is 0 Å². The van der Waals surface area contributed by atoms with E-state index in [1.165, 1.54) is 96.3 Å². The molecule has 3 fully saturated rings. The summed E-state index contributed by atoms with van der Waals surface area (Å²) < 4.78 is 34.3. The first-order valence-corrected chi connectivity index (χ1v) is 35.0. The molecule has 12 N–H and O–H groups in total. The van der Waals surface area contributed by atoms with Crippen molar-refractivity contribution >= 4 is 5.91 Å². The maximum Gasteiger partial charge on any atom is 0.220 e. The number of nitrogens with one attached hydrogen (secondary N) is 1. The van der Waals surface area contributed by atoms with E-state index in [1.807, 2.05) is 6.08 Å². The average molecular weight is 1290 g/mol. The number of hydrogen-bond acceptors (Lipinski definition) is 18. The number of amides is 1. The number of aliphatic hydroxyl groups is 11. The van der Waals surface area contributed by atoms with Crippen LogP contribution >= 0.6 is 0 Å². The van der Waals surface area contributed by atoms with E-state index in [0.29, 0.717) is 12.8 Å². The fourth-order valence-corrected chi connectivity index (χ4v) is 11.2. The molecule has 19 heteroatoms. The predicted octanol–water partition coefficient (Wildman–Crippen LogP) is 9.27. The topological polar surface area (TPSA) is 307 Å². The lowest BCUT2D eigenvalue weighted by Crippen LogP contribution is -2.66. The average Bonchev–Trinajstić information content (AvgIpc) is 0.884. The van der Waals surface area contributed by atoms with Gasteiger partial charge in [0.2, 0.25) is 5.91 Å². The third-order valence-corrected chi connectivity index (χ3v) is 16.8. The van der Waals surface area contributed by atoms with E-state index in [4.69, 9.17) is 28.4 Å². The number of allylic oxidation sites excluding steroid dienone is 15. The summed E-state index contributed by atoms with van der Waals surface area (Å²) in [6.45, 7) is 1.57. The van der Waals surface area contributed by atoms with Crippen LogP contribution < -0.4 is 5.32 Å². The van der Waals surface area contributed by atoms with Gasteiger partial charge in [0, 0.05) is 6.42 Å². The fourth-order valence-electron chi connectivity index (χ4n) is 11.2. The summed E-state index contributed by atoms with van der Waals surface area (Å²) in [5.41, 5.74) is 0. The van der Waals surface area contributed by atoms with Crippen LogP contribution in [0.4, 0.5) is 0 Å². The Morgan fingerprint density at radius 1 is 0.407 bits per heavy atom. The molecule has 0 saturated carbocycles. The van der Waals surface area contributed by atoms with Crippen molar-refractivity contribution in [2.24, 2.45) is 0 Å². The van der Waals surface area contributed by atoms with Crippen LogP contribution in [0.2, 0.25) is 0 Å². The molecule has 91 heavy (non-hydrogen) atoms. The number of carbonyl (C=O) groups excluding carboxylic acids is 1. The van der Waals surface area contributed by atoms with E-state index in [2.05, 4.69) is 104 Å². The Morgan fingerprint density at radius 2 is 0.769 bits per heavy atom. The third-order valence-electron chi connectivity index (χ3n) is 16.8. The highest BCUT2D eigenvalue weighted by molar-refractivity contribution is 5.76. The summed E-state index contributed by atoms with van der Waals surface area (Å²) in [5.74, 6) is -0.295. The van der Waals surface area contributed by atoms with Gasteiger partial charge in [-0.05, 0) is 89.9 Å². The van der Waals surface area contributed by atoms with Crippen LogP contribution in [0, 0.1) is 0 Å². The van der Waals surface area contributed by atoms with E-state index >= 15 is 0 Å². The quantitative estimate of drug-likeness (QED) is 0.0199. The maximum absolute atomic E-state index is 13.4. The number of hydrogen-bond donors (Lipinski definition) is 12. The Kier molecular flexibility index (Phi) is 47.7. The lowest BCUT2D eigenvalue weighted by atomic mass is 9.96. The van der Waals surface area contributed by atoms with Gasteiger partial charge in [0.15, 0.2) is 18.9 Å². The first-order chi connectivity index (χ1) is 44.3. The molecule has 1 amide bonds. The molecule has 17 atom stereocenters. The van der Waals surface area contributed by atoms with Crippen molar-refractivity contribution in [2.75, 3.05) is 26.4 Å². The van der Waals surface area contributed by atoms with Gasteiger partial charge >= 0.3 is 0 Å². The number of rotatable bonds is 52. The molecular formula is C72H123NO18. The van der Waals surface area contributed by atoms with Crippen molar-refractivity contribution < 1.29 is 89.4 Å². The summed E-state index contributed by atoms with van der Waals surface area (Å²) in [5, 5.41) is 120. The Morgan fingerprint density at radius 3 is 1.23 bits per heavy atom. The van der Waals surface area contributed by atoms with Crippen LogP contribution in [-0.2, 0) is 33.2 Å². The number of aliphatic hydroxyl groups excluding tert-OH is 11. The van der Waals surface area contributed by atoms with Gasteiger partial charge in [-0.15, -0.1) is 0 Å². The largest absolute Gasteiger partial charge is 0.394 e. The van der Waals surface area contributed by atoms with E-state index < -0.39 is 124 Å². The van der Waals surface area contributed by atoms with Crippen molar-refractivity contribution in [1.82, 2.24) is 5.32 Å². The Labute approximate surface area is 545 Å². The molecule has 17 unspecified atom stereocenters. The van der Waals surface area contributed by atoms with Crippen molar-refractivity contribution in [3.05, 3.63) is 97.2 Å². The minimum absolute atomic E-state index is 0.225. The molecule has 0 aromatic heterocycles. The summed E-state index contributed by atoms with van der Waals surface area (Å²) in [6, 6.07) is -1.00. The summed E-state index contributed by atoms with van der Waals surface area (Å²) in [6.07, 6.45) is 42.4. The zero-order valence-corrected chi connectivity index (χ0v) is 55.3. The van der Waals surface area contributed by atoms with E-state index in [1.54, 1.807) is 6.08 Å². The van der Waals surface area contributed by atoms with Crippen LogP contribution in [0.3, 0.4) is 0 Å². The number of ether oxygens (including phenoxy) is 6. The smallest absolute Gasteiger partial charge is 0.220 e. The summed E-state index contributed by atoms with van der Waals surface area (Å²) in [4.78, 5) is 13.4. The molecule has 3 aliphatic heterocycles. The van der Waals surface area contributed by atoms with Crippen LogP contribution in [-0.4, -0.2) is 193 Å².